The van der Waals surface area contributed by atoms with Crippen molar-refractivity contribution in [3.8, 4) is 11.5 Å². The Morgan fingerprint density at radius 2 is 1.94 bits per heavy atom. The molecule has 0 spiro atoms. The Morgan fingerprint density at radius 3 is 2.56 bits per heavy atom. The number of methoxy groups -OCH3 is 3. The number of hydrogen-bond acceptors (Lipinski definition) is 9. The summed E-state index contributed by atoms with van der Waals surface area (Å²) < 4.78 is 29.6. The molecule has 3 aromatic rings. The van der Waals surface area contributed by atoms with E-state index in [0.717, 1.165) is 0 Å². The monoisotopic (exact) mass is 462 g/mol. The smallest absolute Gasteiger partial charge is 0.270 e. The number of non-ortho nitro benzene ring substituents is 1. The molecule has 0 radical (unpaired) electrons. The number of nitro groups is 1. The van der Waals surface area contributed by atoms with Crippen LogP contribution in [0.2, 0.25) is 0 Å². The largest absolute Gasteiger partial charge is 0.497 e. The van der Waals surface area contributed by atoms with E-state index < -0.39 is 29.0 Å². The van der Waals surface area contributed by atoms with Gasteiger partial charge in [0, 0.05) is 38.0 Å². The van der Waals surface area contributed by atoms with Crippen molar-refractivity contribution in [3.05, 3.63) is 56.9 Å². The van der Waals surface area contributed by atoms with Crippen LogP contribution >= 0.6 is 12.2 Å². The van der Waals surface area contributed by atoms with E-state index in [9.17, 15) is 15.2 Å². The highest BCUT2D eigenvalue weighted by molar-refractivity contribution is 7.71. The molecule has 2 aromatic carbocycles. The zero-order valence-corrected chi connectivity index (χ0v) is 18.6. The lowest BCUT2D eigenvalue weighted by Crippen LogP contribution is -2.60. The van der Waals surface area contributed by atoms with Crippen molar-refractivity contribution in [1.82, 2.24) is 4.57 Å². The maximum atomic E-state index is 11.6. The lowest BCUT2D eigenvalue weighted by atomic mass is 9.84. The fraction of sp³-hybridized carbons (Fsp3) is 0.381. The standard InChI is InChI=1S/C21H22N2O8S/c1-21(19(28-3)29-4)18(24)17(13-9-11(23(25)26)5-7-15(13)31-21)22-14-10-12(27-2)6-8-16(14)30-20(22)32/h5-10,17-19,24H,1-4H3/t17-,18+,21+/m0/s1. The average Bonchev–Trinajstić information content (AvgIpc) is 3.09. The van der Waals surface area contributed by atoms with Crippen LogP contribution in [-0.2, 0) is 9.47 Å². The molecule has 3 atom stereocenters. The van der Waals surface area contributed by atoms with Gasteiger partial charge in [-0.1, -0.05) is 0 Å². The van der Waals surface area contributed by atoms with Crippen molar-refractivity contribution in [2.75, 3.05) is 21.3 Å². The van der Waals surface area contributed by atoms with Crippen LogP contribution in [0.5, 0.6) is 11.5 Å². The maximum Gasteiger partial charge on any atom is 0.270 e. The van der Waals surface area contributed by atoms with E-state index in [0.29, 0.717) is 28.2 Å². The van der Waals surface area contributed by atoms with E-state index >= 15 is 0 Å². The quantitative estimate of drug-likeness (QED) is 0.254. The third-order valence-electron chi connectivity index (χ3n) is 5.73. The average molecular weight is 462 g/mol. The van der Waals surface area contributed by atoms with Gasteiger partial charge in [-0.15, -0.1) is 0 Å². The van der Waals surface area contributed by atoms with Gasteiger partial charge in [-0.05, 0) is 37.3 Å². The third-order valence-corrected chi connectivity index (χ3v) is 6.01. The number of nitro benzene ring substituents is 1. The topological polar surface area (TPSA) is 118 Å². The summed E-state index contributed by atoms with van der Waals surface area (Å²) in [7, 11) is 4.39. The van der Waals surface area contributed by atoms with E-state index in [1.165, 1.54) is 39.5 Å². The third kappa shape index (κ3) is 3.34. The number of nitrogens with zero attached hydrogens (tertiary/aromatic N) is 2. The fourth-order valence-corrected chi connectivity index (χ4v) is 4.49. The Morgan fingerprint density at radius 1 is 1.22 bits per heavy atom. The highest BCUT2D eigenvalue weighted by atomic mass is 32.1. The number of aliphatic hydroxyl groups is 1. The zero-order valence-electron chi connectivity index (χ0n) is 17.8. The first-order chi connectivity index (χ1) is 15.2. The minimum atomic E-state index is -1.38. The van der Waals surface area contributed by atoms with Gasteiger partial charge < -0.3 is 28.5 Å². The van der Waals surface area contributed by atoms with Gasteiger partial charge in [-0.3, -0.25) is 14.7 Å². The summed E-state index contributed by atoms with van der Waals surface area (Å²) in [6.07, 6.45) is -2.24. The van der Waals surface area contributed by atoms with E-state index in [-0.39, 0.29) is 10.5 Å². The van der Waals surface area contributed by atoms with Gasteiger partial charge in [0.1, 0.15) is 17.6 Å². The molecule has 0 bridgehead atoms. The first kappa shape index (κ1) is 22.2. The molecule has 170 valence electrons. The Kier molecular flexibility index (Phi) is 5.67. The van der Waals surface area contributed by atoms with Crippen LogP contribution < -0.4 is 9.47 Å². The summed E-state index contributed by atoms with van der Waals surface area (Å²) >= 11 is 5.48. The first-order valence-corrected chi connectivity index (χ1v) is 10.1. The summed E-state index contributed by atoms with van der Waals surface area (Å²) in [4.78, 5) is 11.0. The first-order valence-electron chi connectivity index (χ1n) is 9.65. The Balaban J connectivity index is 2.02. The van der Waals surface area contributed by atoms with E-state index in [1.807, 2.05) is 0 Å². The summed E-state index contributed by atoms with van der Waals surface area (Å²) in [5, 5.41) is 23.0. The van der Waals surface area contributed by atoms with Gasteiger partial charge in [0.25, 0.3) is 10.5 Å². The molecule has 11 heteroatoms. The molecule has 0 saturated carbocycles. The minimum absolute atomic E-state index is 0.0744. The Hall–Kier alpha value is -2.99. The van der Waals surface area contributed by atoms with E-state index in [4.69, 9.17) is 35.6 Å². The zero-order chi connectivity index (χ0) is 23.2. The van der Waals surface area contributed by atoms with Gasteiger partial charge in [0.2, 0.25) is 0 Å². The number of ether oxygens (including phenoxy) is 4. The maximum absolute atomic E-state index is 11.6. The lowest BCUT2D eigenvalue weighted by molar-refractivity contribution is -0.385. The van der Waals surface area contributed by atoms with E-state index in [2.05, 4.69) is 0 Å². The molecule has 0 saturated heterocycles. The van der Waals surface area contributed by atoms with Crippen LogP contribution in [0.25, 0.3) is 11.1 Å². The summed E-state index contributed by atoms with van der Waals surface area (Å²) in [5.41, 5.74) is -0.143. The van der Waals surface area contributed by atoms with Crippen molar-refractivity contribution in [2.45, 2.75) is 31.0 Å². The molecular weight excluding hydrogens is 440 g/mol. The van der Waals surface area contributed by atoms with Gasteiger partial charge in [-0.25, -0.2) is 0 Å². The lowest BCUT2D eigenvalue weighted by Gasteiger charge is -2.46. The molecule has 0 aliphatic carbocycles. The molecule has 1 aliphatic rings. The van der Waals surface area contributed by atoms with Crippen LogP contribution in [0, 0.1) is 15.0 Å². The number of rotatable bonds is 6. The van der Waals surface area contributed by atoms with E-state index in [1.54, 1.807) is 29.7 Å². The molecule has 32 heavy (non-hydrogen) atoms. The molecular formula is C21H22N2O8S. The number of aliphatic hydroxyl groups excluding tert-OH is 1. The fourth-order valence-electron chi connectivity index (χ4n) is 4.19. The van der Waals surface area contributed by atoms with Crippen LogP contribution in [-0.4, -0.2) is 53.9 Å². The molecule has 10 nitrogen and oxygen atoms in total. The van der Waals surface area contributed by atoms with Gasteiger partial charge in [0.05, 0.1) is 23.6 Å². The normalized spacial score (nSPS) is 22.6. The van der Waals surface area contributed by atoms with Gasteiger partial charge in [0.15, 0.2) is 17.5 Å². The SMILES string of the molecule is COc1ccc2oc(=S)n([C@H]3c4cc([N+](=O)[O-])ccc4O[C@@](C)(C(OC)OC)[C@@H]3O)c2c1. The molecule has 0 unspecified atom stereocenters. The molecule has 2 heterocycles. The summed E-state index contributed by atoms with van der Waals surface area (Å²) in [6.45, 7) is 1.64. The highest BCUT2D eigenvalue weighted by Gasteiger charge is 2.53. The predicted octanol–water partition coefficient (Wildman–Crippen LogP) is 3.60. The summed E-state index contributed by atoms with van der Waals surface area (Å²) in [6, 6.07) is 8.41. The second-order valence-corrected chi connectivity index (χ2v) is 7.88. The van der Waals surface area contributed by atoms with Crippen LogP contribution in [0.1, 0.15) is 18.5 Å². The molecule has 0 amide bonds. The molecule has 1 aromatic heterocycles. The van der Waals surface area contributed by atoms with Crippen molar-refractivity contribution >= 4 is 29.0 Å². The van der Waals surface area contributed by atoms with Crippen molar-refractivity contribution < 1.29 is 33.4 Å². The molecule has 0 fully saturated rings. The molecule has 1 aliphatic heterocycles. The molecule has 4 rings (SSSR count). The number of benzene rings is 2. The Labute approximate surface area is 188 Å². The van der Waals surface area contributed by atoms with Crippen LogP contribution in [0.15, 0.2) is 40.8 Å². The van der Waals surface area contributed by atoms with Gasteiger partial charge >= 0.3 is 0 Å². The van der Waals surface area contributed by atoms with Crippen molar-refractivity contribution in [3.63, 3.8) is 0 Å². The van der Waals surface area contributed by atoms with Crippen LogP contribution in [0.3, 0.4) is 0 Å². The number of fused-ring (bicyclic) bond motifs is 2. The number of hydrogen-bond donors (Lipinski definition) is 1. The highest BCUT2D eigenvalue weighted by Crippen LogP contribution is 2.46. The Bertz CT molecular complexity index is 1230. The predicted molar refractivity (Wildman–Crippen MR) is 116 cm³/mol. The van der Waals surface area contributed by atoms with Crippen molar-refractivity contribution in [1.29, 1.82) is 0 Å². The van der Waals surface area contributed by atoms with Crippen LogP contribution in [0.4, 0.5) is 5.69 Å². The minimum Gasteiger partial charge on any atom is -0.497 e. The van der Waals surface area contributed by atoms with Gasteiger partial charge in [-0.2, -0.15) is 0 Å². The summed E-state index contributed by atoms with van der Waals surface area (Å²) in [5.74, 6) is 0.879. The second kappa shape index (κ2) is 8.17. The number of aromatic nitrogens is 1. The second-order valence-electron chi connectivity index (χ2n) is 7.53. The molecule has 1 N–H and O–H groups in total. The van der Waals surface area contributed by atoms with Crippen molar-refractivity contribution in [2.24, 2.45) is 0 Å². The number of oxazole rings is 1.